The molecule has 0 bridgehead atoms. The maximum Gasteiger partial charge on any atom is 0.261 e. The van der Waals surface area contributed by atoms with E-state index in [2.05, 4.69) is 5.32 Å². The van der Waals surface area contributed by atoms with Gasteiger partial charge in [-0.3, -0.25) is 4.79 Å². The average Bonchev–Trinajstić information content (AvgIpc) is 2.50. The van der Waals surface area contributed by atoms with Crippen LogP contribution in [0.2, 0.25) is 0 Å². The van der Waals surface area contributed by atoms with Crippen LogP contribution in [0, 0.1) is 11.3 Å². The summed E-state index contributed by atoms with van der Waals surface area (Å²) in [5, 5.41) is 11.7. The Morgan fingerprint density at radius 2 is 2.15 bits per heavy atom. The molecule has 1 amide bonds. The number of benzene rings is 1. The van der Waals surface area contributed by atoms with Gasteiger partial charge in [0.05, 0.1) is 14.2 Å². The van der Waals surface area contributed by atoms with Crippen molar-refractivity contribution >= 4 is 12.0 Å². The van der Waals surface area contributed by atoms with Gasteiger partial charge in [-0.15, -0.1) is 0 Å². The Bertz CT molecular complexity index is 545. The van der Waals surface area contributed by atoms with Crippen molar-refractivity contribution in [3.63, 3.8) is 0 Å². The van der Waals surface area contributed by atoms with Crippen molar-refractivity contribution in [2.45, 2.75) is 13.3 Å². The molecule has 0 radical (unpaired) electrons. The van der Waals surface area contributed by atoms with Crippen LogP contribution in [-0.2, 0) is 4.79 Å². The van der Waals surface area contributed by atoms with E-state index in [4.69, 9.17) is 14.7 Å². The second kappa shape index (κ2) is 7.85. The van der Waals surface area contributed by atoms with Crippen LogP contribution in [0.25, 0.3) is 6.08 Å². The number of carbonyl (C=O) groups excluding carboxylic acids is 1. The van der Waals surface area contributed by atoms with E-state index in [9.17, 15) is 4.79 Å². The molecule has 0 heterocycles. The molecule has 0 spiro atoms. The van der Waals surface area contributed by atoms with Gasteiger partial charge in [0.2, 0.25) is 0 Å². The Labute approximate surface area is 118 Å². The molecule has 1 aromatic rings. The van der Waals surface area contributed by atoms with E-state index < -0.39 is 0 Å². The van der Waals surface area contributed by atoms with E-state index >= 15 is 0 Å². The summed E-state index contributed by atoms with van der Waals surface area (Å²) in [6.07, 6.45) is 2.32. The minimum absolute atomic E-state index is 0.0434. The lowest BCUT2D eigenvalue weighted by Crippen LogP contribution is -2.25. The second-order valence-corrected chi connectivity index (χ2v) is 4.03. The number of ether oxygens (including phenoxy) is 2. The monoisotopic (exact) mass is 274 g/mol. The van der Waals surface area contributed by atoms with Crippen molar-refractivity contribution < 1.29 is 14.3 Å². The average molecular weight is 274 g/mol. The molecule has 1 rings (SSSR count). The van der Waals surface area contributed by atoms with Crippen molar-refractivity contribution in [2.75, 3.05) is 20.8 Å². The molecule has 106 valence electrons. The molecule has 0 saturated carbocycles. The first kappa shape index (κ1) is 15.6. The number of nitrogens with one attached hydrogen (secondary N) is 1. The predicted molar refractivity (Wildman–Crippen MR) is 76.4 cm³/mol. The fourth-order valence-electron chi connectivity index (χ4n) is 1.58. The molecule has 5 heteroatoms. The minimum Gasteiger partial charge on any atom is -0.497 e. The normalized spacial score (nSPS) is 10.6. The maximum atomic E-state index is 11.8. The fraction of sp³-hybridized carbons (Fsp3) is 0.333. The lowest BCUT2D eigenvalue weighted by Gasteiger charge is -2.08. The Morgan fingerprint density at radius 3 is 2.70 bits per heavy atom. The molecule has 0 saturated heterocycles. The van der Waals surface area contributed by atoms with Gasteiger partial charge >= 0.3 is 0 Å². The Morgan fingerprint density at radius 1 is 1.40 bits per heavy atom. The number of methoxy groups -OCH3 is 2. The lowest BCUT2D eigenvalue weighted by atomic mass is 10.1. The van der Waals surface area contributed by atoms with Crippen molar-refractivity contribution in [3.8, 4) is 17.6 Å². The highest BCUT2D eigenvalue weighted by atomic mass is 16.5. The Balaban J connectivity index is 3.07. The number of carbonyl (C=O) groups is 1. The van der Waals surface area contributed by atoms with Gasteiger partial charge in [-0.1, -0.05) is 6.92 Å². The fourth-order valence-corrected chi connectivity index (χ4v) is 1.58. The predicted octanol–water partition coefficient (Wildman–Crippen LogP) is 2.14. The molecule has 0 fully saturated rings. The van der Waals surface area contributed by atoms with E-state index in [1.807, 2.05) is 13.0 Å². The van der Waals surface area contributed by atoms with Crippen LogP contribution >= 0.6 is 0 Å². The quantitative estimate of drug-likeness (QED) is 0.637. The first-order valence-corrected chi connectivity index (χ1v) is 6.28. The molecule has 0 unspecified atom stereocenters. The zero-order valence-electron chi connectivity index (χ0n) is 11.9. The molecule has 0 aromatic heterocycles. The summed E-state index contributed by atoms with van der Waals surface area (Å²) in [6, 6.07) is 7.08. The third-order valence-corrected chi connectivity index (χ3v) is 2.64. The molecule has 5 nitrogen and oxygen atoms in total. The standard InChI is InChI=1S/C15H18N2O3/c1-4-7-17-15(18)12(10-16)8-11-5-6-13(19-2)9-14(11)20-3/h5-6,8-9H,4,7H2,1-3H3,(H,17,18). The van der Waals surface area contributed by atoms with Crippen molar-refractivity contribution in [3.05, 3.63) is 29.3 Å². The zero-order chi connectivity index (χ0) is 15.0. The van der Waals surface area contributed by atoms with Crippen LogP contribution < -0.4 is 14.8 Å². The van der Waals surface area contributed by atoms with E-state index in [-0.39, 0.29) is 11.5 Å². The molecule has 0 aliphatic heterocycles. The summed E-state index contributed by atoms with van der Waals surface area (Å²) in [6.45, 7) is 2.49. The van der Waals surface area contributed by atoms with Crippen LogP contribution in [0.3, 0.4) is 0 Å². The third-order valence-electron chi connectivity index (χ3n) is 2.64. The van der Waals surface area contributed by atoms with Gasteiger partial charge in [0, 0.05) is 18.2 Å². The highest BCUT2D eigenvalue weighted by molar-refractivity contribution is 6.01. The summed E-state index contributed by atoms with van der Waals surface area (Å²) >= 11 is 0. The Hall–Kier alpha value is -2.48. The van der Waals surface area contributed by atoms with Gasteiger partial charge in [0.1, 0.15) is 23.1 Å². The van der Waals surface area contributed by atoms with E-state index in [1.54, 1.807) is 25.3 Å². The van der Waals surface area contributed by atoms with Gasteiger partial charge in [-0.25, -0.2) is 0 Å². The summed E-state index contributed by atoms with van der Waals surface area (Å²) < 4.78 is 10.3. The number of nitriles is 1. The van der Waals surface area contributed by atoms with Gasteiger partial charge in [-0.05, 0) is 24.6 Å². The second-order valence-electron chi connectivity index (χ2n) is 4.03. The van der Waals surface area contributed by atoms with Crippen molar-refractivity contribution in [2.24, 2.45) is 0 Å². The van der Waals surface area contributed by atoms with Crippen LogP contribution in [0.4, 0.5) is 0 Å². The number of rotatable bonds is 6. The SMILES string of the molecule is CCCNC(=O)C(C#N)=Cc1ccc(OC)cc1OC. The van der Waals surface area contributed by atoms with E-state index in [0.29, 0.717) is 23.6 Å². The first-order chi connectivity index (χ1) is 9.65. The molecule has 1 aromatic carbocycles. The number of nitrogens with zero attached hydrogens (tertiary/aromatic N) is 1. The van der Waals surface area contributed by atoms with Crippen LogP contribution in [0.5, 0.6) is 11.5 Å². The molecular weight excluding hydrogens is 256 g/mol. The maximum absolute atomic E-state index is 11.8. The van der Waals surface area contributed by atoms with Gasteiger partial charge in [0.25, 0.3) is 5.91 Å². The third kappa shape index (κ3) is 4.02. The largest absolute Gasteiger partial charge is 0.497 e. The summed E-state index contributed by atoms with van der Waals surface area (Å²) in [7, 11) is 3.08. The highest BCUT2D eigenvalue weighted by Crippen LogP contribution is 2.26. The molecule has 20 heavy (non-hydrogen) atoms. The molecule has 1 N–H and O–H groups in total. The zero-order valence-corrected chi connectivity index (χ0v) is 11.9. The Kier molecular flexibility index (Phi) is 6.11. The van der Waals surface area contributed by atoms with Crippen molar-refractivity contribution in [1.29, 1.82) is 5.26 Å². The van der Waals surface area contributed by atoms with E-state index in [1.165, 1.54) is 13.2 Å². The molecule has 0 atom stereocenters. The molecule has 0 aliphatic rings. The number of amides is 1. The first-order valence-electron chi connectivity index (χ1n) is 6.28. The van der Waals surface area contributed by atoms with Gasteiger partial charge in [-0.2, -0.15) is 5.26 Å². The topological polar surface area (TPSA) is 71.4 Å². The summed E-state index contributed by atoms with van der Waals surface area (Å²) in [4.78, 5) is 11.8. The van der Waals surface area contributed by atoms with E-state index in [0.717, 1.165) is 6.42 Å². The van der Waals surface area contributed by atoms with Crippen LogP contribution in [0.1, 0.15) is 18.9 Å². The lowest BCUT2D eigenvalue weighted by molar-refractivity contribution is -0.117. The molecule has 0 aliphatic carbocycles. The van der Waals surface area contributed by atoms with Crippen LogP contribution in [0.15, 0.2) is 23.8 Å². The highest BCUT2D eigenvalue weighted by Gasteiger charge is 2.10. The van der Waals surface area contributed by atoms with Crippen LogP contribution in [-0.4, -0.2) is 26.7 Å². The summed E-state index contributed by atoms with van der Waals surface area (Å²) in [5.41, 5.74) is 0.693. The van der Waals surface area contributed by atoms with Gasteiger partial charge < -0.3 is 14.8 Å². The van der Waals surface area contributed by atoms with Gasteiger partial charge in [0.15, 0.2) is 0 Å². The summed E-state index contributed by atoms with van der Waals surface area (Å²) in [5.74, 6) is 0.806. The minimum atomic E-state index is -0.382. The number of hydrogen-bond acceptors (Lipinski definition) is 4. The smallest absolute Gasteiger partial charge is 0.261 e. The molecular formula is C15H18N2O3. The number of hydrogen-bond donors (Lipinski definition) is 1. The van der Waals surface area contributed by atoms with Crippen molar-refractivity contribution in [1.82, 2.24) is 5.32 Å².